The molecule has 0 bridgehead atoms. The number of benzene rings is 3. The number of halogens is 5. The van der Waals surface area contributed by atoms with Crippen LogP contribution >= 0.6 is 46.6 Å². The number of hydrogen-bond donors (Lipinski definition) is 0. The van der Waals surface area contributed by atoms with E-state index in [0.29, 0.717) is 26.0 Å². The van der Waals surface area contributed by atoms with Gasteiger partial charge in [0, 0.05) is 21.9 Å². The SMILES string of the molecule is CC(C)(c1ccc(Cl)c(Cl)c1)c1cnc(SCc2ccc(F)cc2Cl)n1-c1ccc(F)cc1. The summed E-state index contributed by atoms with van der Waals surface area (Å²) in [6, 6.07) is 16.1. The van der Waals surface area contributed by atoms with Crippen LogP contribution in [-0.4, -0.2) is 9.55 Å². The van der Waals surface area contributed by atoms with Crippen molar-refractivity contribution < 1.29 is 8.78 Å². The molecule has 0 aliphatic heterocycles. The average molecular weight is 524 g/mol. The van der Waals surface area contributed by atoms with E-state index in [0.717, 1.165) is 22.5 Å². The molecular formula is C25H19Cl3F2N2S. The molecule has 0 fully saturated rings. The lowest BCUT2D eigenvalue weighted by atomic mass is 9.81. The first kappa shape index (κ1) is 24.1. The fraction of sp³-hybridized carbons (Fsp3) is 0.160. The molecular weight excluding hydrogens is 505 g/mol. The molecule has 4 aromatic rings. The third kappa shape index (κ3) is 5.07. The molecule has 0 aliphatic rings. The Hall–Kier alpha value is -2.05. The zero-order valence-electron chi connectivity index (χ0n) is 17.8. The molecule has 0 N–H and O–H groups in total. The quantitative estimate of drug-likeness (QED) is 0.235. The predicted molar refractivity (Wildman–Crippen MR) is 133 cm³/mol. The van der Waals surface area contributed by atoms with Gasteiger partial charge in [-0.15, -0.1) is 0 Å². The fourth-order valence-corrected chi connectivity index (χ4v) is 5.14. The summed E-state index contributed by atoms with van der Waals surface area (Å²) in [6.45, 7) is 4.13. The number of thioether (sulfide) groups is 1. The van der Waals surface area contributed by atoms with Gasteiger partial charge in [0.2, 0.25) is 0 Å². The second kappa shape index (κ2) is 9.67. The first-order chi connectivity index (χ1) is 15.7. The van der Waals surface area contributed by atoms with Crippen LogP contribution in [-0.2, 0) is 11.2 Å². The Bertz CT molecular complexity index is 1300. The van der Waals surface area contributed by atoms with Gasteiger partial charge in [0.05, 0.1) is 21.9 Å². The van der Waals surface area contributed by atoms with E-state index in [-0.39, 0.29) is 11.6 Å². The molecule has 8 heteroatoms. The number of imidazole rings is 1. The highest BCUT2D eigenvalue weighted by atomic mass is 35.5. The molecule has 33 heavy (non-hydrogen) atoms. The van der Waals surface area contributed by atoms with Crippen LogP contribution < -0.4 is 0 Å². The highest BCUT2D eigenvalue weighted by Crippen LogP contribution is 2.39. The summed E-state index contributed by atoms with van der Waals surface area (Å²) in [5.41, 5.74) is 2.91. The fourth-order valence-electron chi connectivity index (χ4n) is 3.53. The van der Waals surface area contributed by atoms with Crippen molar-refractivity contribution in [2.45, 2.75) is 30.2 Å². The van der Waals surface area contributed by atoms with E-state index in [4.69, 9.17) is 34.8 Å². The van der Waals surface area contributed by atoms with Crippen molar-refractivity contribution in [1.82, 2.24) is 9.55 Å². The monoisotopic (exact) mass is 522 g/mol. The van der Waals surface area contributed by atoms with Crippen molar-refractivity contribution in [3.8, 4) is 5.69 Å². The highest BCUT2D eigenvalue weighted by molar-refractivity contribution is 7.98. The second-order valence-corrected chi connectivity index (χ2v) is 10.2. The molecule has 0 unspecified atom stereocenters. The molecule has 2 nitrogen and oxygen atoms in total. The first-order valence-corrected chi connectivity index (χ1v) is 12.1. The van der Waals surface area contributed by atoms with Crippen LogP contribution in [0.5, 0.6) is 0 Å². The van der Waals surface area contributed by atoms with Crippen molar-refractivity contribution in [3.05, 3.63) is 110 Å². The van der Waals surface area contributed by atoms with Crippen LogP contribution in [0.1, 0.15) is 30.7 Å². The van der Waals surface area contributed by atoms with E-state index in [9.17, 15) is 8.78 Å². The lowest BCUT2D eigenvalue weighted by Gasteiger charge is -2.28. The summed E-state index contributed by atoms with van der Waals surface area (Å²) in [5, 5.41) is 2.01. The van der Waals surface area contributed by atoms with Gasteiger partial charge in [-0.05, 0) is 59.7 Å². The number of rotatable bonds is 6. The molecule has 0 saturated carbocycles. The minimum absolute atomic E-state index is 0.323. The highest BCUT2D eigenvalue weighted by Gasteiger charge is 2.30. The molecule has 170 valence electrons. The minimum atomic E-state index is -0.498. The molecule has 0 aliphatic carbocycles. The van der Waals surface area contributed by atoms with Crippen LogP contribution in [0.25, 0.3) is 5.69 Å². The third-order valence-corrected chi connectivity index (χ3v) is 7.56. The summed E-state index contributed by atoms with van der Waals surface area (Å²) in [7, 11) is 0. The topological polar surface area (TPSA) is 17.8 Å². The smallest absolute Gasteiger partial charge is 0.173 e. The predicted octanol–water partition coefficient (Wildman–Crippen LogP) is 8.73. The van der Waals surface area contributed by atoms with Gasteiger partial charge in [-0.2, -0.15) is 0 Å². The molecule has 3 aromatic carbocycles. The van der Waals surface area contributed by atoms with E-state index in [1.807, 2.05) is 16.7 Å². The molecule has 0 radical (unpaired) electrons. The maximum Gasteiger partial charge on any atom is 0.173 e. The zero-order chi connectivity index (χ0) is 23.8. The zero-order valence-corrected chi connectivity index (χ0v) is 20.8. The molecule has 0 atom stereocenters. The van der Waals surface area contributed by atoms with Gasteiger partial charge >= 0.3 is 0 Å². The van der Waals surface area contributed by atoms with Gasteiger partial charge in [0.1, 0.15) is 11.6 Å². The summed E-state index contributed by atoms with van der Waals surface area (Å²) in [4.78, 5) is 4.66. The van der Waals surface area contributed by atoms with Crippen LogP contribution in [0.2, 0.25) is 15.1 Å². The van der Waals surface area contributed by atoms with Crippen LogP contribution in [0, 0.1) is 11.6 Å². The van der Waals surface area contributed by atoms with Crippen molar-refractivity contribution >= 4 is 46.6 Å². The standard InChI is InChI=1S/C25H19Cl3F2N2S/c1-25(2,16-4-10-20(26)22(28)11-16)23-13-31-24(32(23)19-8-6-17(29)7-9-19)33-14-15-3-5-18(30)12-21(15)27/h3-13H,14H2,1-2H3. The van der Waals surface area contributed by atoms with E-state index >= 15 is 0 Å². The number of nitrogens with zero attached hydrogens (tertiary/aromatic N) is 2. The normalized spacial score (nSPS) is 11.7. The van der Waals surface area contributed by atoms with E-state index in [2.05, 4.69) is 18.8 Å². The summed E-state index contributed by atoms with van der Waals surface area (Å²) in [5.74, 6) is -0.215. The Morgan fingerprint density at radius 3 is 2.21 bits per heavy atom. The summed E-state index contributed by atoms with van der Waals surface area (Å²) >= 11 is 20.1. The van der Waals surface area contributed by atoms with Crippen molar-refractivity contribution in [2.24, 2.45) is 0 Å². The third-order valence-electron chi connectivity index (χ3n) is 5.47. The lowest BCUT2D eigenvalue weighted by molar-refractivity contribution is 0.591. The number of hydrogen-bond acceptors (Lipinski definition) is 2. The van der Waals surface area contributed by atoms with Gasteiger partial charge in [-0.25, -0.2) is 13.8 Å². The molecule has 0 saturated heterocycles. The van der Waals surface area contributed by atoms with Crippen LogP contribution in [0.15, 0.2) is 72.0 Å². The van der Waals surface area contributed by atoms with Crippen LogP contribution in [0.4, 0.5) is 8.78 Å². The van der Waals surface area contributed by atoms with Crippen molar-refractivity contribution in [3.63, 3.8) is 0 Å². The molecule has 0 amide bonds. The first-order valence-electron chi connectivity index (χ1n) is 10.0. The Labute approximate surface area is 210 Å². The summed E-state index contributed by atoms with van der Waals surface area (Å²) in [6.07, 6.45) is 1.81. The van der Waals surface area contributed by atoms with E-state index in [1.165, 1.54) is 36.0 Å². The minimum Gasteiger partial charge on any atom is -0.291 e. The second-order valence-electron chi connectivity index (χ2n) is 8.02. The Kier molecular flexibility index (Phi) is 7.06. The maximum atomic E-state index is 13.7. The van der Waals surface area contributed by atoms with E-state index in [1.54, 1.807) is 30.5 Å². The van der Waals surface area contributed by atoms with Gasteiger partial charge in [0.15, 0.2) is 5.16 Å². The van der Waals surface area contributed by atoms with Crippen LogP contribution in [0.3, 0.4) is 0 Å². The Morgan fingerprint density at radius 2 is 1.55 bits per heavy atom. The summed E-state index contributed by atoms with van der Waals surface area (Å²) < 4.78 is 29.1. The molecule has 1 heterocycles. The van der Waals surface area contributed by atoms with Gasteiger partial charge in [0.25, 0.3) is 0 Å². The molecule has 1 aromatic heterocycles. The molecule has 0 spiro atoms. The molecule has 4 rings (SSSR count). The van der Waals surface area contributed by atoms with Gasteiger partial charge in [-0.1, -0.05) is 72.5 Å². The largest absolute Gasteiger partial charge is 0.291 e. The maximum absolute atomic E-state index is 13.7. The average Bonchev–Trinajstić information content (AvgIpc) is 3.20. The Balaban J connectivity index is 1.78. The lowest BCUT2D eigenvalue weighted by Crippen LogP contribution is -2.23. The van der Waals surface area contributed by atoms with Crippen molar-refractivity contribution in [2.75, 3.05) is 0 Å². The van der Waals surface area contributed by atoms with Crippen molar-refractivity contribution in [1.29, 1.82) is 0 Å². The van der Waals surface area contributed by atoms with E-state index < -0.39 is 5.41 Å². The van der Waals surface area contributed by atoms with Gasteiger partial charge < -0.3 is 0 Å². The Morgan fingerprint density at radius 1 is 0.848 bits per heavy atom. The number of aromatic nitrogens is 2. The van der Waals surface area contributed by atoms with Gasteiger partial charge in [-0.3, -0.25) is 4.57 Å².